The Kier molecular flexibility index (Phi) is 9.04. The fraction of sp³-hybridized carbons (Fsp3) is 0.0204. The molecule has 0 saturated heterocycles. The Balaban J connectivity index is 1.32. The zero-order chi connectivity index (χ0) is 36.4. The third-order valence-electron chi connectivity index (χ3n) is 9.63. The number of aromatic nitrogens is 3. The topological polar surface area (TPSA) is 26.0 Å². The Bertz CT molecular complexity index is 2730. The number of nitrogens with zero attached hydrogens (tertiary/aromatic N) is 4. The Labute approximate surface area is 326 Å². The number of rotatable bonds is 8. The summed E-state index contributed by atoms with van der Waals surface area (Å²) in [6.45, 7) is 2.12. The van der Waals surface area contributed by atoms with Crippen LogP contribution in [0.5, 0.6) is 0 Å². The third-order valence-corrected chi connectivity index (χ3v) is 10.7. The maximum absolute atomic E-state index is 4.69. The molecule has 0 bridgehead atoms. The van der Waals surface area contributed by atoms with Crippen molar-refractivity contribution in [1.82, 2.24) is 14.1 Å². The molecule has 0 aliphatic rings. The minimum atomic E-state index is 0.866. The van der Waals surface area contributed by atoms with E-state index in [4.69, 9.17) is 0 Å². The van der Waals surface area contributed by atoms with Crippen LogP contribution in [0, 0.1) is 22.9 Å². The summed E-state index contributed by atoms with van der Waals surface area (Å²) in [5.74, 6) is 0. The quantitative estimate of drug-likeness (QED) is 0.142. The van der Waals surface area contributed by atoms with Crippen LogP contribution in [0.4, 0.5) is 17.1 Å². The van der Waals surface area contributed by atoms with Gasteiger partial charge in [0.05, 0.1) is 0 Å². The Hall–Kier alpha value is -6.35. The molecule has 7 aromatic carbocycles. The van der Waals surface area contributed by atoms with E-state index < -0.39 is 0 Å². The van der Waals surface area contributed by atoms with Crippen LogP contribution >= 0.6 is 0 Å². The van der Waals surface area contributed by atoms with Crippen molar-refractivity contribution in [2.45, 2.75) is 6.92 Å². The van der Waals surface area contributed by atoms with E-state index >= 15 is 0 Å². The van der Waals surface area contributed by atoms with Crippen LogP contribution in [0.1, 0.15) is 5.56 Å². The predicted molar refractivity (Wildman–Crippen MR) is 217 cm³/mol. The van der Waals surface area contributed by atoms with E-state index in [1.54, 1.807) is 0 Å². The number of anilines is 3. The Morgan fingerprint density at radius 1 is 0.519 bits per heavy atom. The molecule has 0 radical (unpaired) electrons. The molecule has 0 aliphatic carbocycles. The van der Waals surface area contributed by atoms with Crippen molar-refractivity contribution >= 4 is 28.1 Å². The minimum absolute atomic E-state index is 0.866. The van der Waals surface area contributed by atoms with E-state index in [0.717, 1.165) is 76.8 Å². The van der Waals surface area contributed by atoms with Gasteiger partial charge >= 0.3 is 322 Å². The summed E-state index contributed by atoms with van der Waals surface area (Å²) in [5.41, 5.74) is 14.5. The number of benzene rings is 7. The van der Waals surface area contributed by atoms with Crippen molar-refractivity contribution in [2.75, 3.05) is 4.90 Å². The first-order valence-corrected chi connectivity index (χ1v) is 19.0. The van der Waals surface area contributed by atoms with Gasteiger partial charge in [0.2, 0.25) is 0 Å². The van der Waals surface area contributed by atoms with Gasteiger partial charge in [-0.3, -0.25) is 0 Å². The van der Waals surface area contributed by atoms with Crippen LogP contribution in [0.15, 0.2) is 188 Å². The molecule has 0 fully saturated rings. The van der Waals surface area contributed by atoms with Crippen LogP contribution in [0.2, 0.25) is 0 Å². The molecule has 0 atom stereocenters. The average molecular weight is 874 g/mol. The molecule has 54 heavy (non-hydrogen) atoms. The zero-order valence-electron chi connectivity index (χ0n) is 29.5. The fourth-order valence-corrected chi connectivity index (χ4v) is 8.21. The van der Waals surface area contributed by atoms with Gasteiger partial charge in [0, 0.05) is 0 Å². The molecule has 9 rings (SSSR count). The molecular weight excluding hydrogens is 840 g/mol. The van der Waals surface area contributed by atoms with E-state index in [9.17, 15) is 0 Å². The number of pyridine rings is 1. The molecule has 2 heterocycles. The van der Waals surface area contributed by atoms with Crippen LogP contribution < -0.4 is 4.90 Å². The van der Waals surface area contributed by atoms with Gasteiger partial charge in [0.15, 0.2) is 0 Å². The summed E-state index contributed by atoms with van der Waals surface area (Å²) in [4.78, 5) is 7.00. The van der Waals surface area contributed by atoms with Crippen LogP contribution in [0.25, 0.3) is 55.9 Å². The van der Waals surface area contributed by atoms with Crippen LogP contribution in [-0.2, 0) is 19.4 Å². The molecule has 0 unspecified atom stereocenters. The van der Waals surface area contributed by atoms with E-state index in [1.165, 1.54) is 5.56 Å². The van der Waals surface area contributed by atoms with Crippen molar-refractivity contribution < 1.29 is 19.4 Å². The number of hydrogen-bond donors (Lipinski definition) is 0. The molecule has 262 valence electrons. The van der Waals surface area contributed by atoms with E-state index in [-0.39, 0.29) is 0 Å². The summed E-state index contributed by atoms with van der Waals surface area (Å²) in [6, 6.07) is 71.5. The van der Waals surface area contributed by atoms with Crippen molar-refractivity contribution in [3.05, 3.63) is 210 Å². The van der Waals surface area contributed by atoms with Gasteiger partial charge in [0.25, 0.3) is 0 Å². The van der Waals surface area contributed by atoms with Crippen LogP contribution in [-0.4, -0.2) is 14.1 Å². The second kappa shape index (κ2) is 14.6. The molecule has 9 aromatic rings. The van der Waals surface area contributed by atoms with Crippen molar-refractivity contribution in [3.63, 3.8) is 0 Å². The normalized spacial score (nSPS) is 11.2. The van der Waals surface area contributed by atoms with Gasteiger partial charge in [-0.25, -0.2) is 0 Å². The Morgan fingerprint density at radius 2 is 1.09 bits per heavy atom. The summed E-state index contributed by atoms with van der Waals surface area (Å²) >= 11 is 2.46. The average Bonchev–Trinajstić information content (AvgIpc) is 3.54. The Morgan fingerprint density at radius 3 is 1.74 bits per heavy atom. The van der Waals surface area contributed by atoms with Crippen molar-refractivity contribution in [1.29, 1.82) is 0 Å². The monoisotopic (exact) mass is 873 g/mol. The van der Waals surface area contributed by atoms with Crippen molar-refractivity contribution in [3.8, 4) is 44.9 Å². The number of hydrogen-bond acceptors (Lipinski definition) is 2. The molecule has 4 nitrogen and oxygen atoms in total. The van der Waals surface area contributed by atoms with Crippen LogP contribution in [0.3, 0.4) is 0 Å². The molecule has 0 N–H and O–H groups in total. The van der Waals surface area contributed by atoms with E-state index in [2.05, 4.69) is 221 Å². The number of imidazole rings is 1. The predicted octanol–water partition coefficient (Wildman–Crippen LogP) is 12.3. The second-order valence-corrected chi connectivity index (χ2v) is 14.1. The first kappa shape index (κ1) is 33.5. The van der Waals surface area contributed by atoms with Gasteiger partial charge in [-0.2, -0.15) is 0 Å². The molecular formula is C49H34N4Pt-2. The van der Waals surface area contributed by atoms with Gasteiger partial charge in [-0.05, 0) is 6.07 Å². The summed E-state index contributed by atoms with van der Waals surface area (Å²) in [5, 5.41) is 0. The first-order chi connectivity index (χ1) is 26.6. The third kappa shape index (κ3) is 6.25. The molecule has 0 aliphatic heterocycles. The maximum atomic E-state index is 4.69. The summed E-state index contributed by atoms with van der Waals surface area (Å²) in [6.07, 6.45) is 1.83. The SMILES string of the molecule is Cc1ccc(-n2[c](=[Pt])n(-c3[c-]c(N(c4[c-]c(-c5ccccn5)ccc4)c4c(-c5ccccc5)cccc4-c4ccccc4)ccc3)c3ccccc32)cc1. The van der Waals surface area contributed by atoms with E-state index in [1.807, 2.05) is 24.4 Å². The van der Waals surface area contributed by atoms with Gasteiger partial charge < -0.3 is 0 Å². The molecule has 0 spiro atoms. The van der Waals surface area contributed by atoms with Gasteiger partial charge in [0.1, 0.15) is 0 Å². The molecule has 2 aromatic heterocycles. The van der Waals surface area contributed by atoms with Gasteiger partial charge in [-0.15, -0.1) is 0 Å². The summed E-state index contributed by atoms with van der Waals surface area (Å²) < 4.78 is 5.67. The first-order valence-electron chi connectivity index (χ1n) is 17.9. The van der Waals surface area contributed by atoms with E-state index in [0.29, 0.717) is 0 Å². The fourth-order valence-electron chi connectivity index (χ4n) is 7.10. The summed E-state index contributed by atoms with van der Waals surface area (Å²) in [7, 11) is 0. The van der Waals surface area contributed by atoms with Crippen molar-refractivity contribution in [2.24, 2.45) is 0 Å². The standard InChI is InChI=1S/C49H34N4.Pt/c1-36-28-30-40(31-29-36)51-35-52(48-27-9-8-26-47(48)51)41-20-13-22-43(34-41)53(42-21-12-19-39(33-42)46-25-10-11-32-50-46)49-44(37-15-4-2-5-16-37)23-14-24-45(49)38-17-6-3-7-18-38;/h2-32H,1H3;/q-2;. The van der Waals surface area contributed by atoms with Gasteiger partial charge in [-0.1, -0.05) is 0 Å². The number of fused-ring (bicyclic) bond motifs is 1. The number of para-hydroxylation sites is 3. The second-order valence-electron chi connectivity index (χ2n) is 13.1. The molecule has 0 saturated carbocycles. The molecule has 0 amide bonds. The molecule has 5 heteroatoms. The zero-order valence-corrected chi connectivity index (χ0v) is 31.8. The number of aryl methyl sites for hydroxylation is 1.